The van der Waals surface area contributed by atoms with E-state index < -0.39 is 28.8 Å². The fourth-order valence-corrected chi connectivity index (χ4v) is 5.89. The number of nitrogens with zero attached hydrogens (tertiary/aromatic N) is 4. The number of para-hydroxylation sites is 4. The molecule has 0 aliphatic carbocycles. The highest BCUT2D eigenvalue weighted by Gasteiger charge is 2.34. The Morgan fingerprint density at radius 2 is 0.880 bits per heavy atom. The smallest absolute Gasteiger partial charge is 0.267 e. The maximum absolute atomic E-state index is 14.8. The van der Waals surface area contributed by atoms with E-state index in [0.717, 1.165) is 5.56 Å². The molecular weight excluding hydrogens is 628 g/mol. The minimum absolute atomic E-state index is 0.0581. The second-order valence-electron chi connectivity index (χ2n) is 11.6. The SMILES string of the molecule is Cc1ccc(C(c2c(O)nc(Nc3ccccc3)n(-c3ccccc3)c2=O)c2c(O)nc(Nc3ccccc3)n(-c3ccccc3)c2=O)cc1. The summed E-state index contributed by atoms with van der Waals surface area (Å²) in [5.41, 5.74) is 1.89. The van der Waals surface area contributed by atoms with Crippen molar-refractivity contribution in [2.24, 2.45) is 0 Å². The Labute approximate surface area is 287 Å². The second-order valence-corrected chi connectivity index (χ2v) is 11.6. The van der Waals surface area contributed by atoms with Gasteiger partial charge in [0.15, 0.2) is 0 Å². The summed E-state index contributed by atoms with van der Waals surface area (Å²) in [5.74, 6) is -2.38. The lowest BCUT2D eigenvalue weighted by molar-refractivity contribution is 0.431. The van der Waals surface area contributed by atoms with Gasteiger partial charge in [-0.05, 0) is 61.0 Å². The van der Waals surface area contributed by atoms with Gasteiger partial charge in [0.2, 0.25) is 23.7 Å². The van der Waals surface area contributed by atoms with Gasteiger partial charge in [0.1, 0.15) is 0 Å². The molecule has 0 bridgehead atoms. The minimum atomic E-state index is -1.28. The van der Waals surface area contributed by atoms with Crippen LogP contribution in [0.1, 0.15) is 28.2 Å². The molecule has 0 unspecified atom stereocenters. The van der Waals surface area contributed by atoms with Crippen molar-refractivity contribution in [1.82, 2.24) is 19.1 Å². The Hall–Kier alpha value is -6.94. The molecule has 2 aromatic heterocycles. The predicted molar refractivity (Wildman–Crippen MR) is 195 cm³/mol. The van der Waals surface area contributed by atoms with Crippen LogP contribution in [0, 0.1) is 6.92 Å². The van der Waals surface area contributed by atoms with Gasteiger partial charge in [-0.2, -0.15) is 9.97 Å². The number of hydrogen-bond donors (Lipinski definition) is 4. The summed E-state index contributed by atoms with van der Waals surface area (Å²) in [6.07, 6.45) is 0. The maximum atomic E-state index is 14.8. The molecule has 0 amide bonds. The standard InChI is InChI=1S/C40H32N6O4/c1-26-22-24-27(25-23-26)32(33-35(47)43-39(41-28-14-6-2-7-15-28)45(37(33)49)30-18-10-4-11-19-30)34-36(48)44-40(42-29-16-8-3-9-17-29)46(38(34)50)31-20-12-5-13-21-31/h2-25,32,47-48H,1H3,(H,41,43)(H,42,44). The third-order valence-corrected chi connectivity index (χ3v) is 8.27. The van der Waals surface area contributed by atoms with Crippen LogP contribution in [0.15, 0.2) is 155 Å². The molecule has 0 atom stereocenters. The Morgan fingerprint density at radius 3 is 1.26 bits per heavy atom. The quantitative estimate of drug-likeness (QED) is 0.128. The second kappa shape index (κ2) is 13.7. The van der Waals surface area contributed by atoms with E-state index in [1.807, 2.05) is 91.9 Å². The van der Waals surface area contributed by atoms with Crippen molar-refractivity contribution in [3.05, 3.63) is 189 Å². The van der Waals surface area contributed by atoms with Gasteiger partial charge in [-0.25, -0.2) is 9.13 Å². The molecule has 0 aliphatic rings. The number of benzene rings is 5. The fraction of sp³-hybridized carbons (Fsp3) is 0.0500. The molecular formula is C40H32N6O4. The molecule has 0 aliphatic heterocycles. The van der Waals surface area contributed by atoms with Gasteiger partial charge in [0.25, 0.3) is 11.1 Å². The van der Waals surface area contributed by atoms with Crippen LogP contribution in [0.3, 0.4) is 0 Å². The third kappa shape index (κ3) is 6.20. The number of hydrogen-bond acceptors (Lipinski definition) is 8. The van der Waals surface area contributed by atoms with Crippen molar-refractivity contribution in [2.75, 3.05) is 10.6 Å². The molecule has 10 nitrogen and oxygen atoms in total. The van der Waals surface area contributed by atoms with Crippen molar-refractivity contribution >= 4 is 23.3 Å². The molecule has 7 aromatic rings. The fourth-order valence-electron chi connectivity index (χ4n) is 5.89. The summed E-state index contributed by atoms with van der Waals surface area (Å²) >= 11 is 0. The predicted octanol–water partition coefficient (Wildman–Crippen LogP) is 7.17. The van der Waals surface area contributed by atoms with Gasteiger partial charge >= 0.3 is 0 Å². The van der Waals surface area contributed by atoms with Crippen LogP contribution in [0.25, 0.3) is 11.4 Å². The summed E-state index contributed by atoms with van der Waals surface area (Å²) in [4.78, 5) is 38.7. The van der Waals surface area contributed by atoms with Crippen LogP contribution in [-0.2, 0) is 0 Å². The normalized spacial score (nSPS) is 11.0. The van der Waals surface area contributed by atoms with E-state index in [-0.39, 0.29) is 23.0 Å². The van der Waals surface area contributed by atoms with Gasteiger partial charge in [-0.1, -0.05) is 103 Å². The van der Waals surface area contributed by atoms with E-state index in [2.05, 4.69) is 20.6 Å². The van der Waals surface area contributed by atoms with Gasteiger partial charge < -0.3 is 20.8 Å². The summed E-state index contributed by atoms with van der Waals surface area (Å²) < 4.78 is 2.68. The third-order valence-electron chi connectivity index (χ3n) is 8.27. The Bertz CT molecular complexity index is 2230. The summed E-state index contributed by atoms with van der Waals surface area (Å²) in [6.45, 7) is 1.91. The number of rotatable bonds is 9. The van der Waals surface area contributed by atoms with Gasteiger partial charge in [-0.15, -0.1) is 0 Å². The lowest BCUT2D eigenvalue weighted by atomic mass is 9.86. The van der Waals surface area contributed by atoms with Gasteiger partial charge in [0.05, 0.1) is 28.4 Å². The van der Waals surface area contributed by atoms with E-state index in [0.29, 0.717) is 28.3 Å². The minimum Gasteiger partial charge on any atom is -0.493 e. The first-order chi connectivity index (χ1) is 24.4. The zero-order valence-electron chi connectivity index (χ0n) is 26.9. The Balaban J connectivity index is 1.52. The van der Waals surface area contributed by atoms with Crippen LogP contribution in [-0.4, -0.2) is 29.3 Å². The van der Waals surface area contributed by atoms with E-state index >= 15 is 0 Å². The molecule has 0 saturated heterocycles. The van der Waals surface area contributed by atoms with Crippen LogP contribution in [0.5, 0.6) is 11.8 Å². The number of aromatic hydroxyl groups is 2. The van der Waals surface area contributed by atoms with Crippen molar-refractivity contribution < 1.29 is 10.2 Å². The topological polar surface area (TPSA) is 134 Å². The molecule has 2 heterocycles. The molecule has 10 heteroatoms. The molecule has 50 heavy (non-hydrogen) atoms. The lowest BCUT2D eigenvalue weighted by Gasteiger charge is -2.23. The monoisotopic (exact) mass is 660 g/mol. The molecule has 0 fully saturated rings. The maximum Gasteiger partial charge on any atom is 0.267 e. The van der Waals surface area contributed by atoms with Crippen molar-refractivity contribution in [3.8, 4) is 23.1 Å². The lowest BCUT2D eigenvalue weighted by Crippen LogP contribution is -2.33. The molecule has 0 spiro atoms. The molecule has 5 aromatic carbocycles. The highest BCUT2D eigenvalue weighted by molar-refractivity contribution is 5.61. The Kier molecular flexibility index (Phi) is 8.64. The van der Waals surface area contributed by atoms with E-state index in [1.165, 1.54) is 9.13 Å². The van der Waals surface area contributed by atoms with Crippen molar-refractivity contribution in [1.29, 1.82) is 0 Å². The average molecular weight is 661 g/mol. The molecule has 4 N–H and O–H groups in total. The first-order valence-electron chi connectivity index (χ1n) is 15.9. The van der Waals surface area contributed by atoms with Crippen LogP contribution >= 0.6 is 0 Å². The zero-order chi connectivity index (χ0) is 34.6. The van der Waals surface area contributed by atoms with Gasteiger partial charge in [-0.3, -0.25) is 9.59 Å². The molecule has 0 saturated carbocycles. The van der Waals surface area contributed by atoms with Crippen LogP contribution < -0.4 is 21.8 Å². The summed E-state index contributed by atoms with van der Waals surface area (Å²) in [5, 5.41) is 29.7. The van der Waals surface area contributed by atoms with E-state index in [1.54, 1.807) is 60.7 Å². The van der Waals surface area contributed by atoms with Crippen LogP contribution in [0.4, 0.5) is 23.3 Å². The van der Waals surface area contributed by atoms with E-state index in [9.17, 15) is 19.8 Å². The zero-order valence-corrected chi connectivity index (χ0v) is 26.9. The van der Waals surface area contributed by atoms with Crippen LogP contribution in [0.2, 0.25) is 0 Å². The number of anilines is 4. The average Bonchev–Trinajstić information content (AvgIpc) is 3.13. The summed E-state index contributed by atoms with van der Waals surface area (Å²) in [7, 11) is 0. The number of aryl methyl sites for hydroxylation is 1. The van der Waals surface area contributed by atoms with Crippen molar-refractivity contribution in [2.45, 2.75) is 12.8 Å². The Morgan fingerprint density at radius 1 is 0.520 bits per heavy atom. The molecule has 246 valence electrons. The largest absolute Gasteiger partial charge is 0.493 e. The molecule has 7 rings (SSSR count). The van der Waals surface area contributed by atoms with E-state index in [4.69, 9.17) is 0 Å². The van der Waals surface area contributed by atoms with Crippen molar-refractivity contribution in [3.63, 3.8) is 0 Å². The highest BCUT2D eigenvalue weighted by Crippen LogP contribution is 2.38. The van der Waals surface area contributed by atoms with Gasteiger partial charge in [0, 0.05) is 11.4 Å². The first kappa shape index (κ1) is 31.6. The molecule has 0 radical (unpaired) electrons. The highest BCUT2D eigenvalue weighted by atomic mass is 16.3. The number of aromatic nitrogens is 4. The summed E-state index contributed by atoms with van der Waals surface area (Å²) in [6, 6.07) is 43.2. The first-order valence-corrected chi connectivity index (χ1v) is 15.9. The number of nitrogens with one attached hydrogen (secondary N) is 2.